The van der Waals surface area contributed by atoms with E-state index in [1.807, 2.05) is 0 Å². The van der Waals surface area contributed by atoms with Crippen molar-refractivity contribution in [2.45, 2.75) is 70.4 Å². The van der Waals surface area contributed by atoms with Crippen molar-refractivity contribution in [3.8, 4) is 0 Å². The molecule has 2 nitrogen and oxygen atoms in total. The van der Waals surface area contributed by atoms with Gasteiger partial charge in [-0.3, -0.25) is 0 Å². The monoisotopic (exact) mass is 287 g/mol. The lowest BCUT2D eigenvalue weighted by Gasteiger charge is -2.41. The second-order valence-corrected chi connectivity index (χ2v) is 7.98. The lowest BCUT2D eigenvalue weighted by Crippen LogP contribution is -2.48. The molecular formula is C19H29NO. The summed E-state index contributed by atoms with van der Waals surface area (Å²) in [7, 11) is 0. The average Bonchev–Trinajstić information content (AvgIpc) is 2.49. The SMILES string of the molecule is CC1(C)CCC(O)(CNC2CCc3ccccc3C2)CC1. The summed E-state index contributed by atoms with van der Waals surface area (Å²) >= 11 is 0. The molecule has 0 aliphatic heterocycles. The van der Waals surface area contributed by atoms with Crippen LogP contribution in [0, 0.1) is 5.41 Å². The third-order valence-electron chi connectivity index (χ3n) is 5.60. The summed E-state index contributed by atoms with van der Waals surface area (Å²) in [6.07, 6.45) is 7.62. The van der Waals surface area contributed by atoms with Crippen molar-refractivity contribution < 1.29 is 5.11 Å². The van der Waals surface area contributed by atoms with Crippen molar-refractivity contribution >= 4 is 0 Å². The maximum absolute atomic E-state index is 10.8. The van der Waals surface area contributed by atoms with Crippen LogP contribution in [0.25, 0.3) is 0 Å². The molecule has 0 aromatic heterocycles. The molecule has 3 rings (SSSR count). The third kappa shape index (κ3) is 3.67. The summed E-state index contributed by atoms with van der Waals surface area (Å²) < 4.78 is 0. The van der Waals surface area contributed by atoms with E-state index in [2.05, 4.69) is 43.4 Å². The first-order valence-corrected chi connectivity index (χ1v) is 8.48. The van der Waals surface area contributed by atoms with Crippen molar-refractivity contribution in [1.82, 2.24) is 5.32 Å². The highest BCUT2D eigenvalue weighted by Gasteiger charge is 2.36. The van der Waals surface area contributed by atoms with Gasteiger partial charge in [0.15, 0.2) is 0 Å². The maximum Gasteiger partial charge on any atom is 0.0772 e. The van der Waals surface area contributed by atoms with Crippen molar-refractivity contribution in [1.29, 1.82) is 0 Å². The number of hydrogen-bond donors (Lipinski definition) is 2. The van der Waals surface area contributed by atoms with Crippen LogP contribution in [-0.4, -0.2) is 23.3 Å². The van der Waals surface area contributed by atoms with Gasteiger partial charge in [0.25, 0.3) is 0 Å². The average molecular weight is 287 g/mol. The molecule has 0 saturated heterocycles. The van der Waals surface area contributed by atoms with Crippen molar-refractivity contribution in [3.63, 3.8) is 0 Å². The van der Waals surface area contributed by atoms with Crippen LogP contribution in [0.3, 0.4) is 0 Å². The van der Waals surface area contributed by atoms with Crippen LogP contribution in [0.5, 0.6) is 0 Å². The molecule has 116 valence electrons. The molecule has 2 N–H and O–H groups in total. The van der Waals surface area contributed by atoms with E-state index in [1.165, 1.54) is 24.0 Å². The zero-order valence-corrected chi connectivity index (χ0v) is 13.5. The predicted octanol–water partition coefficient (Wildman–Crippen LogP) is 3.46. The molecule has 21 heavy (non-hydrogen) atoms. The number of benzene rings is 1. The fourth-order valence-electron chi connectivity index (χ4n) is 3.78. The van der Waals surface area contributed by atoms with Crippen LogP contribution >= 0.6 is 0 Å². The molecule has 2 aliphatic carbocycles. The first-order valence-electron chi connectivity index (χ1n) is 8.48. The highest BCUT2D eigenvalue weighted by Crippen LogP contribution is 2.40. The fraction of sp³-hybridized carbons (Fsp3) is 0.684. The van der Waals surface area contributed by atoms with Crippen molar-refractivity contribution in [2.24, 2.45) is 5.41 Å². The molecule has 0 heterocycles. The second-order valence-electron chi connectivity index (χ2n) is 7.98. The summed E-state index contributed by atoms with van der Waals surface area (Å²) in [6.45, 7) is 5.39. The molecule has 0 amide bonds. The minimum Gasteiger partial charge on any atom is -0.389 e. The highest BCUT2D eigenvalue weighted by atomic mass is 16.3. The van der Waals surface area contributed by atoms with Gasteiger partial charge in [-0.1, -0.05) is 38.1 Å². The van der Waals surface area contributed by atoms with E-state index in [9.17, 15) is 5.11 Å². The Morgan fingerprint density at radius 1 is 1.10 bits per heavy atom. The summed E-state index contributed by atoms with van der Waals surface area (Å²) in [6, 6.07) is 9.30. The van der Waals surface area contributed by atoms with Crippen LogP contribution in [0.15, 0.2) is 24.3 Å². The Morgan fingerprint density at radius 3 is 2.48 bits per heavy atom. The Kier molecular flexibility index (Phi) is 4.11. The largest absolute Gasteiger partial charge is 0.389 e. The van der Waals surface area contributed by atoms with Gasteiger partial charge in [-0.15, -0.1) is 0 Å². The standard InChI is InChI=1S/C19H29NO/c1-18(2)9-11-19(21,12-10-18)14-20-17-8-7-15-5-3-4-6-16(15)13-17/h3-6,17,20-21H,7-14H2,1-2H3. The summed E-state index contributed by atoms with van der Waals surface area (Å²) in [5.74, 6) is 0. The molecule has 1 aromatic rings. The van der Waals surface area contributed by atoms with Crippen LogP contribution < -0.4 is 5.32 Å². The molecule has 0 spiro atoms. The number of hydrogen-bond acceptors (Lipinski definition) is 2. The van der Waals surface area contributed by atoms with Crippen LogP contribution in [0.2, 0.25) is 0 Å². The van der Waals surface area contributed by atoms with Gasteiger partial charge in [0.1, 0.15) is 0 Å². The van der Waals surface area contributed by atoms with E-state index in [1.54, 1.807) is 0 Å². The maximum atomic E-state index is 10.8. The smallest absolute Gasteiger partial charge is 0.0772 e. The Bertz CT molecular complexity index is 484. The van der Waals surface area contributed by atoms with E-state index in [0.29, 0.717) is 11.5 Å². The van der Waals surface area contributed by atoms with Gasteiger partial charge in [-0.2, -0.15) is 0 Å². The molecule has 0 bridgehead atoms. The van der Waals surface area contributed by atoms with Gasteiger partial charge in [-0.05, 0) is 61.5 Å². The van der Waals surface area contributed by atoms with Gasteiger partial charge >= 0.3 is 0 Å². The number of nitrogens with one attached hydrogen (secondary N) is 1. The molecule has 1 atom stereocenters. The van der Waals surface area contributed by atoms with Crippen LogP contribution in [-0.2, 0) is 12.8 Å². The zero-order valence-electron chi connectivity index (χ0n) is 13.5. The first kappa shape index (κ1) is 15.1. The van der Waals surface area contributed by atoms with E-state index in [0.717, 1.165) is 38.6 Å². The Morgan fingerprint density at radius 2 is 1.76 bits per heavy atom. The molecule has 2 aliphatic rings. The van der Waals surface area contributed by atoms with Crippen LogP contribution in [0.1, 0.15) is 57.1 Å². The lowest BCUT2D eigenvalue weighted by atomic mass is 9.71. The summed E-state index contributed by atoms with van der Waals surface area (Å²) in [5, 5.41) is 14.4. The van der Waals surface area contributed by atoms with Gasteiger partial charge < -0.3 is 10.4 Å². The minimum absolute atomic E-state index is 0.413. The number of rotatable bonds is 3. The molecular weight excluding hydrogens is 258 g/mol. The Balaban J connectivity index is 1.52. The fourth-order valence-corrected chi connectivity index (χ4v) is 3.78. The van der Waals surface area contributed by atoms with Gasteiger partial charge in [0, 0.05) is 12.6 Å². The molecule has 1 unspecified atom stereocenters. The van der Waals surface area contributed by atoms with Crippen LogP contribution in [0.4, 0.5) is 0 Å². The van der Waals surface area contributed by atoms with Gasteiger partial charge in [-0.25, -0.2) is 0 Å². The van der Waals surface area contributed by atoms with E-state index in [4.69, 9.17) is 0 Å². The minimum atomic E-state index is -0.480. The molecule has 1 fully saturated rings. The normalized spacial score (nSPS) is 27.1. The van der Waals surface area contributed by atoms with E-state index in [-0.39, 0.29) is 0 Å². The van der Waals surface area contributed by atoms with Crippen molar-refractivity contribution in [2.75, 3.05) is 6.54 Å². The molecule has 1 saturated carbocycles. The quantitative estimate of drug-likeness (QED) is 0.892. The van der Waals surface area contributed by atoms with Crippen molar-refractivity contribution in [3.05, 3.63) is 35.4 Å². The molecule has 0 radical (unpaired) electrons. The topological polar surface area (TPSA) is 32.3 Å². The Labute approximate surface area is 129 Å². The summed E-state index contributed by atoms with van der Waals surface area (Å²) in [5.41, 5.74) is 2.93. The number of aliphatic hydroxyl groups is 1. The Hall–Kier alpha value is -0.860. The molecule has 2 heteroatoms. The van der Waals surface area contributed by atoms with Gasteiger partial charge in [0.05, 0.1) is 5.60 Å². The zero-order chi connectivity index (χ0) is 14.9. The number of fused-ring (bicyclic) bond motifs is 1. The number of aryl methyl sites for hydroxylation is 1. The second kappa shape index (κ2) is 5.73. The van der Waals surface area contributed by atoms with E-state index >= 15 is 0 Å². The molecule has 1 aromatic carbocycles. The van der Waals surface area contributed by atoms with E-state index < -0.39 is 5.60 Å². The lowest BCUT2D eigenvalue weighted by molar-refractivity contribution is -0.0263. The van der Waals surface area contributed by atoms with Gasteiger partial charge in [0.2, 0.25) is 0 Å². The first-order chi connectivity index (χ1) is 9.96. The third-order valence-corrected chi connectivity index (χ3v) is 5.60. The highest BCUT2D eigenvalue weighted by molar-refractivity contribution is 5.30. The summed E-state index contributed by atoms with van der Waals surface area (Å²) in [4.78, 5) is 0. The predicted molar refractivity (Wildman–Crippen MR) is 87.5 cm³/mol.